The fourth-order valence-corrected chi connectivity index (χ4v) is 3.09. The van der Waals surface area contributed by atoms with Gasteiger partial charge in [-0.05, 0) is 57.0 Å². The van der Waals surface area contributed by atoms with Crippen molar-refractivity contribution >= 4 is 5.91 Å². The lowest BCUT2D eigenvalue weighted by Crippen LogP contribution is -2.33. The van der Waals surface area contributed by atoms with Crippen molar-refractivity contribution in [3.63, 3.8) is 0 Å². The van der Waals surface area contributed by atoms with E-state index in [1.807, 2.05) is 63.2 Å². The minimum Gasteiger partial charge on any atom is -0.497 e. The molecule has 1 amide bonds. The van der Waals surface area contributed by atoms with Gasteiger partial charge in [0.25, 0.3) is 5.91 Å². The lowest BCUT2D eigenvalue weighted by atomic mass is 10.1. The van der Waals surface area contributed by atoms with Crippen molar-refractivity contribution in [3.05, 3.63) is 65.4 Å². The molecule has 5 nitrogen and oxygen atoms in total. The van der Waals surface area contributed by atoms with Gasteiger partial charge in [0, 0.05) is 11.6 Å². The van der Waals surface area contributed by atoms with Crippen LogP contribution in [0.4, 0.5) is 0 Å². The van der Waals surface area contributed by atoms with Gasteiger partial charge >= 0.3 is 0 Å². The van der Waals surface area contributed by atoms with Crippen LogP contribution in [0.25, 0.3) is 16.9 Å². The van der Waals surface area contributed by atoms with E-state index in [4.69, 9.17) is 9.84 Å². The molecule has 1 N–H and O–H groups in total. The van der Waals surface area contributed by atoms with Gasteiger partial charge in [0.2, 0.25) is 0 Å². The largest absolute Gasteiger partial charge is 0.497 e. The second-order valence-corrected chi connectivity index (χ2v) is 7.13. The Labute approximate surface area is 166 Å². The van der Waals surface area contributed by atoms with Crippen LogP contribution in [0, 0.1) is 13.8 Å². The first-order chi connectivity index (χ1) is 13.4. The molecule has 0 radical (unpaired) electrons. The third-order valence-electron chi connectivity index (χ3n) is 4.88. The number of aryl methyl sites for hydroxylation is 2. The summed E-state index contributed by atoms with van der Waals surface area (Å²) in [4.78, 5) is 13.0. The van der Waals surface area contributed by atoms with Crippen LogP contribution in [0.5, 0.6) is 5.75 Å². The Bertz CT molecular complexity index is 991. The van der Waals surface area contributed by atoms with Gasteiger partial charge in [0.15, 0.2) is 0 Å². The van der Waals surface area contributed by atoms with Crippen LogP contribution in [0.1, 0.15) is 41.9 Å². The zero-order valence-corrected chi connectivity index (χ0v) is 17.1. The molecule has 0 bridgehead atoms. The maximum atomic E-state index is 13.0. The number of carbonyl (C=O) groups excluding carboxylic acids is 1. The van der Waals surface area contributed by atoms with Gasteiger partial charge in [-0.25, -0.2) is 4.68 Å². The number of methoxy groups -OCH3 is 1. The normalized spacial score (nSPS) is 11.9. The molecule has 3 aromatic rings. The van der Waals surface area contributed by atoms with Crippen molar-refractivity contribution in [1.29, 1.82) is 0 Å². The second-order valence-electron chi connectivity index (χ2n) is 7.13. The van der Waals surface area contributed by atoms with Gasteiger partial charge in [-0.2, -0.15) is 5.10 Å². The maximum absolute atomic E-state index is 13.0. The van der Waals surface area contributed by atoms with E-state index >= 15 is 0 Å². The molecule has 28 heavy (non-hydrogen) atoms. The number of ether oxygens (including phenoxy) is 1. The Morgan fingerprint density at radius 1 is 1.18 bits per heavy atom. The SMILES string of the molecule is CC[C@H](C)NC(=O)c1cc(-c2cccc(OC)c2)nn1-c1ccc(C)cc1C. The number of benzene rings is 2. The third-order valence-corrected chi connectivity index (χ3v) is 4.88. The van der Waals surface area contributed by atoms with Gasteiger partial charge in [-0.15, -0.1) is 0 Å². The Morgan fingerprint density at radius 2 is 1.96 bits per heavy atom. The lowest BCUT2D eigenvalue weighted by Gasteiger charge is -2.14. The molecule has 146 valence electrons. The molecule has 1 heterocycles. The van der Waals surface area contributed by atoms with Crippen LogP contribution >= 0.6 is 0 Å². The molecule has 0 aliphatic heterocycles. The van der Waals surface area contributed by atoms with Gasteiger partial charge < -0.3 is 10.1 Å². The molecule has 0 unspecified atom stereocenters. The predicted octanol–water partition coefficient (Wildman–Crippen LogP) is 4.69. The summed E-state index contributed by atoms with van der Waals surface area (Å²) in [5, 5.41) is 7.82. The van der Waals surface area contributed by atoms with Crippen molar-refractivity contribution in [2.45, 2.75) is 40.2 Å². The molecule has 1 aromatic heterocycles. The van der Waals surface area contributed by atoms with E-state index in [0.29, 0.717) is 5.69 Å². The van der Waals surface area contributed by atoms with Crippen LogP contribution in [0.3, 0.4) is 0 Å². The number of nitrogens with one attached hydrogen (secondary N) is 1. The monoisotopic (exact) mass is 377 g/mol. The van der Waals surface area contributed by atoms with Gasteiger partial charge in [-0.3, -0.25) is 4.79 Å². The Balaban J connectivity index is 2.12. The average molecular weight is 377 g/mol. The number of nitrogens with zero attached hydrogens (tertiary/aromatic N) is 2. The van der Waals surface area contributed by atoms with E-state index in [9.17, 15) is 4.79 Å². The Hall–Kier alpha value is -3.08. The van der Waals surface area contributed by atoms with Crippen LogP contribution in [0.2, 0.25) is 0 Å². The summed E-state index contributed by atoms with van der Waals surface area (Å²) < 4.78 is 7.07. The molecule has 2 aromatic carbocycles. The number of hydrogen-bond donors (Lipinski definition) is 1. The molecular formula is C23H27N3O2. The van der Waals surface area contributed by atoms with Gasteiger partial charge in [-0.1, -0.05) is 36.8 Å². The molecule has 0 saturated carbocycles. The minimum absolute atomic E-state index is 0.0928. The quantitative estimate of drug-likeness (QED) is 0.678. The van der Waals surface area contributed by atoms with Gasteiger partial charge in [0.1, 0.15) is 11.4 Å². The summed E-state index contributed by atoms with van der Waals surface area (Å²) in [5.74, 6) is 0.625. The maximum Gasteiger partial charge on any atom is 0.270 e. The van der Waals surface area contributed by atoms with Crippen molar-refractivity contribution in [1.82, 2.24) is 15.1 Å². The Kier molecular flexibility index (Phi) is 5.83. The first-order valence-corrected chi connectivity index (χ1v) is 9.56. The number of hydrogen-bond acceptors (Lipinski definition) is 3. The van der Waals surface area contributed by atoms with E-state index in [2.05, 4.69) is 18.3 Å². The summed E-state index contributed by atoms with van der Waals surface area (Å²) in [7, 11) is 1.64. The van der Waals surface area contributed by atoms with E-state index < -0.39 is 0 Å². The number of aromatic nitrogens is 2. The fraction of sp³-hybridized carbons (Fsp3) is 0.304. The molecule has 5 heteroatoms. The third kappa shape index (κ3) is 4.09. The molecule has 1 atom stereocenters. The highest BCUT2D eigenvalue weighted by Gasteiger charge is 2.20. The highest BCUT2D eigenvalue weighted by atomic mass is 16.5. The van der Waals surface area contributed by atoms with Crippen LogP contribution in [-0.2, 0) is 0 Å². The smallest absolute Gasteiger partial charge is 0.270 e. The van der Waals surface area contributed by atoms with Crippen LogP contribution < -0.4 is 10.1 Å². The van der Waals surface area contributed by atoms with Crippen molar-refractivity contribution in [3.8, 4) is 22.7 Å². The zero-order valence-electron chi connectivity index (χ0n) is 17.1. The van der Waals surface area contributed by atoms with E-state index in [0.717, 1.165) is 34.7 Å². The molecule has 0 fully saturated rings. The van der Waals surface area contributed by atoms with Crippen molar-refractivity contribution in [2.24, 2.45) is 0 Å². The van der Waals surface area contributed by atoms with E-state index in [-0.39, 0.29) is 11.9 Å². The number of carbonyl (C=O) groups is 1. The molecule has 0 saturated heterocycles. The van der Waals surface area contributed by atoms with Crippen molar-refractivity contribution < 1.29 is 9.53 Å². The summed E-state index contributed by atoms with van der Waals surface area (Å²) in [6.07, 6.45) is 0.867. The van der Waals surface area contributed by atoms with Crippen molar-refractivity contribution in [2.75, 3.05) is 7.11 Å². The minimum atomic E-state index is -0.129. The summed E-state index contributed by atoms with van der Waals surface area (Å²) in [5.41, 5.74) is 5.29. The topological polar surface area (TPSA) is 56.1 Å². The first kappa shape index (κ1) is 19.7. The molecule has 3 rings (SSSR count). The second kappa shape index (κ2) is 8.30. The molecule has 0 aliphatic rings. The molecule has 0 aliphatic carbocycles. The van der Waals surface area contributed by atoms with Crippen LogP contribution in [-0.4, -0.2) is 28.8 Å². The van der Waals surface area contributed by atoms with E-state index in [1.54, 1.807) is 11.8 Å². The molecular weight excluding hydrogens is 350 g/mol. The lowest BCUT2D eigenvalue weighted by molar-refractivity contribution is 0.0931. The molecule has 0 spiro atoms. The predicted molar refractivity (Wildman–Crippen MR) is 112 cm³/mol. The Morgan fingerprint density at radius 3 is 2.64 bits per heavy atom. The fourth-order valence-electron chi connectivity index (χ4n) is 3.09. The number of rotatable bonds is 6. The van der Waals surface area contributed by atoms with E-state index in [1.165, 1.54) is 5.56 Å². The summed E-state index contributed by atoms with van der Waals surface area (Å²) >= 11 is 0. The van der Waals surface area contributed by atoms with Crippen LogP contribution in [0.15, 0.2) is 48.5 Å². The van der Waals surface area contributed by atoms with Gasteiger partial charge in [0.05, 0.1) is 18.5 Å². The average Bonchev–Trinajstić information content (AvgIpc) is 3.13. The highest BCUT2D eigenvalue weighted by Crippen LogP contribution is 2.26. The highest BCUT2D eigenvalue weighted by molar-refractivity contribution is 5.94. The summed E-state index contributed by atoms with van der Waals surface area (Å²) in [6.45, 7) is 8.14. The summed E-state index contributed by atoms with van der Waals surface area (Å²) in [6, 6.07) is 15.8. The number of amides is 1. The first-order valence-electron chi connectivity index (χ1n) is 9.56. The zero-order chi connectivity index (χ0) is 20.3. The standard InChI is InChI=1S/C23H27N3O2/c1-6-17(4)24-23(27)22-14-20(18-8-7-9-19(13-18)28-5)25-26(22)21-11-10-15(2)12-16(21)3/h7-14,17H,6H2,1-5H3,(H,24,27)/t17-/m0/s1.